The lowest BCUT2D eigenvalue weighted by molar-refractivity contribution is 0.215. The molecule has 0 fully saturated rings. The number of hydrogen-bond acceptors (Lipinski definition) is 7. The van der Waals surface area contributed by atoms with E-state index in [-0.39, 0.29) is 11.6 Å². The molecule has 0 spiro atoms. The van der Waals surface area contributed by atoms with Gasteiger partial charge in [-0.15, -0.1) is 0 Å². The molecule has 0 radical (unpaired) electrons. The molecular weight excluding hydrogens is 482 g/mol. The molecule has 0 bridgehead atoms. The lowest BCUT2D eigenvalue weighted by Crippen LogP contribution is -2.17. The van der Waals surface area contributed by atoms with Crippen molar-refractivity contribution in [2.24, 2.45) is 0 Å². The topological polar surface area (TPSA) is 116 Å². The highest BCUT2D eigenvalue weighted by atomic mass is 35.5. The minimum atomic E-state index is -0.814. The quantitative estimate of drug-likeness (QED) is 0.328. The largest absolute Gasteiger partial charge is 0.418 e. The molecule has 0 aliphatic carbocycles. The van der Waals surface area contributed by atoms with Crippen LogP contribution in [-0.4, -0.2) is 21.5 Å². The number of anilines is 2. The van der Waals surface area contributed by atoms with Gasteiger partial charge in [-0.05, 0) is 48.5 Å². The van der Waals surface area contributed by atoms with E-state index in [1.165, 1.54) is 24.3 Å². The van der Waals surface area contributed by atoms with E-state index in [0.29, 0.717) is 17.3 Å². The number of amides is 1. The van der Waals surface area contributed by atoms with Crippen LogP contribution in [0.15, 0.2) is 97.3 Å². The smallest absolute Gasteiger partial charge is 0.415 e. The second kappa shape index (κ2) is 14.6. The molecule has 2 heterocycles. The SMILES string of the molecule is Nc1ccc(F)cn1.O=C(Cl)Oc1ccccc1.O=C(Nc1ccc(F)cn1)Oc1ccccc1. The molecule has 0 aliphatic heterocycles. The minimum Gasteiger partial charge on any atom is -0.415 e. The van der Waals surface area contributed by atoms with Crippen LogP contribution in [-0.2, 0) is 0 Å². The summed E-state index contributed by atoms with van der Waals surface area (Å²) in [6, 6.07) is 22.5. The van der Waals surface area contributed by atoms with E-state index in [0.717, 1.165) is 12.4 Å². The fourth-order valence-electron chi connectivity index (χ4n) is 2.14. The van der Waals surface area contributed by atoms with Crippen molar-refractivity contribution in [1.29, 1.82) is 0 Å². The van der Waals surface area contributed by atoms with Gasteiger partial charge in [0.1, 0.15) is 34.8 Å². The molecule has 4 aromatic rings. The average Bonchev–Trinajstić information content (AvgIpc) is 2.84. The Labute approximate surface area is 204 Å². The van der Waals surface area contributed by atoms with Crippen LogP contribution < -0.4 is 20.5 Å². The molecule has 2 aromatic heterocycles. The Kier molecular flexibility index (Phi) is 11.1. The van der Waals surface area contributed by atoms with Gasteiger partial charge < -0.3 is 15.2 Å². The van der Waals surface area contributed by atoms with Gasteiger partial charge >= 0.3 is 11.5 Å². The maximum Gasteiger partial charge on any atom is 0.418 e. The van der Waals surface area contributed by atoms with E-state index in [4.69, 9.17) is 22.1 Å². The molecule has 180 valence electrons. The van der Waals surface area contributed by atoms with Crippen LogP contribution in [0, 0.1) is 11.6 Å². The summed E-state index contributed by atoms with van der Waals surface area (Å²) in [7, 11) is 0. The summed E-state index contributed by atoms with van der Waals surface area (Å²) in [5.74, 6) is 0.625. The minimum absolute atomic E-state index is 0.229. The first-order valence-corrected chi connectivity index (χ1v) is 10.1. The zero-order chi connectivity index (χ0) is 25.5. The van der Waals surface area contributed by atoms with Gasteiger partial charge in [0.2, 0.25) is 0 Å². The number of para-hydroxylation sites is 2. The number of aromatic nitrogens is 2. The number of pyridine rings is 2. The molecule has 0 atom stereocenters. The van der Waals surface area contributed by atoms with E-state index in [1.54, 1.807) is 48.5 Å². The van der Waals surface area contributed by atoms with Crippen molar-refractivity contribution >= 4 is 34.8 Å². The number of ether oxygens (including phenoxy) is 2. The Bertz CT molecular complexity index is 1160. The number of nitrogens with zero attached hydrogens (tertiary/aromatic N) is 2. The van der Waals surface area contributed by atoms with Gasteiger partial charge in [-0.2, -0.15) is 0 Å². The van der Waals surface area contributed by atoms with E-state index < -0.39 is 17.3 Å². The molecule has 11 heteroatoms. The first-order valence-electron chi connectivity index (χ1n) is 9.76. The molecule has 0 unspecified atom stereocenters. The standard InChI is InChI=1S/C12H9FN2O2.C7H5ClO2.C5H5FN2/c13-9-6-7-11(14-8-9)15-12(16)17-10-4-2-1-3-5-10;8-7(9)10-6-4-2-1-3-5-6;6-4-1-2-5(7)8-3-4/h1-8H,(H,14,15,16);1-5H;1-3H,(H2,7,8). The first-order chi connectivity index (χ1) is 16.8. The lowest BCUT2D eigenvalue weighted by Gasteiger charge is -2.05. The average molecular weight is 501 g/mol. The maximum absolute atomic E-state index is 12.6. The van der Waals surface area contributed by atoms with E-state index in [1.807, 2.05) is 12.1 Å². The third-order valence-corrected chi connectivity index (χ3v) is 3.68. The molecule has 0 saturated carbocycles. The fourth-order valence-corrected chi connectivity index (χ4v) is 2.23. The van der Waals surface area contributed by atoms with E-state index in [9.17, 15) is 18.4 Å². The van der Waals surface area contributed by atoms with Crippen LogP contribution in [0.2, 0.25) is 0 Å². The number of hydrogen-bond donors (Lipinski definition) is 2. The summed E-state index contributed by atoms with van der Waals surface area (Å²) >= 11 is 4.95. The van der Waals surface area contributed by atoms with Crippen molar-refractivity contribution in [3.63, 3.8) is 0 Å². The summed E-state index contributed by atoms with van der Waals surface area (Å²) in [5, 5.41) is 2.38. The van der Waals surface area contributed by atoms with Crippen LogP contribution in [0.25, 0.3) is 0 Å². The number of nitrogens with one attached hydrogen (secondary N) is 1. The normalized spacial score (nSPS) is 9.34. The van der Waals surface area contributed by atoms with Gasteiger partial charge in [0.05, 0.1) is 12.4 Å². The van der Waals surface area contributed by atoms with E-state index >= 15 is 0 Å². The highest BCUT2D eigenvalue weighted by molar-refractivity contribution is 6.61. The molecule has 3 N–H and O–H groups in total. The van der Waals surface area contributed by atoms with Crippen molar-refractivity contribution < 1.29 is 27.8 Å². The Morgan fingerprint density at radius 2 is 1.26 bits per heavy atom. The van der Waals surface area contributed by atoms with Gasteiger partial charge in [-0.1, -0.05) is 36.4 Å². The summed E-state index contributed by atoms with van der Waals surface area (Å²) in [6.07, 6.45) is 1.42. The fraction of sp³-hybridized carbons (Fsp3) is 0. The van der Waals surface area contributed by atoms with Gasteiger partial charge in [-0.3, -0.25) is 5.32 Å². The predicted octanol–water partition coefficient (Wildman–Crippen LogP) is 6.06. The van der Waals surface area contributed by atoms with Crippen molar-refractivity contribution in [2.75, 3.05) is 11.1 Å². The lowest BCUT2D eigenvalue weighted by atomic mass is 10.3. The van der Waals surface area contributed by atoms with Crippen molar-refractivity contribution in [3.8, 4) is 11.5 Å². The molecule has 8 nitrogen and oxygen atoms in total. The number of nitrogens with two attached hydrogens (primary N) is 1. The Morgan fingerprint density at radius 1 is 0.743 bits per heavy atom. The monoisotopic (exact) mass is 500 g/mol. The molecule has 1 amide bonds. The van der Waals surface area contributed by atoms with Gasteiger partial charge in [0.15, 0.2) is 0 Å². The summed E-state index contributed by atoms with van der Waals surface area (Å²) in [4.78, 5) is 28.7. The van der Waals surface area contributed by atoms with Crippen molar-refractivity contribution in [2.45, 2.75) is 0 Å². The first kappa shape index (κ1) is 26.7. The Balaban J connectivity index is 0.000000204. The maximum atomic E-state index is 12.6. The van der Waals surface area contributed by atoms with Crippen LogP contribution >= 0.6 is 11.6 Å². The van der Waals surface area contributed by atoms with Crippen LogP contribution in [0.3, 0.4) is 0 Å². The van der Waals surface area contributed by atoms with Gasteiger partial charge in [0, 0.05) is 11.6 Å². The number of halogens is 3. The van der Waals surface area contributed by atoms with E-state index in [2.05, 4.69) is 20.0 Å². The summed E-state index contributed by atoms with van der Waals surface area (Å²) in [6.45, 7) is 0. The van der Waals surface area contributed by atoms with Crippen LogP contribution in [0.4, 0.5) is 30.0 Å². The predicted molar refractivity (Wildman–Crippen MR) is 127 cm³/mol. The highest BCUT2D eigenvalue weighted by Crippen LogP contribution is 2.11. The van der Waals surface area contributed by atoms with Crippen LogP contribution in [0.5, 0.6) is 11.5 Å². The molecule has 35 heavy (non-hydrogen) atoms. The van der Waals surface area contributed by atoms with Crippen molar-refractivity contribution in [1.82, 2.24) is 9.97 Å². The zero-order valence-electron chi connectivity index (χ0n) is 18.0. The van der Waals surface area contributed by atoms with Crippen LogP contribution in [0.1, 0.15) is 0 Å². The highest BCUT2D eigenvalue weighted by Gasteiger charge is 2.05. The molecule has 2 aromatic carbocycles. The van der Waals surface area contributed by atoms with Gasteiger partial charge in [0.25, 0.3) is 0 Å². The van der Waals surface area contributed by atoms with Crippen molar-refractivity contribution in [3.05, 3.63) is 109 Å². The molecular formula is C24H19ClF2N4O4. The summed E-state index contributed by atoms with van der Waals surface area (Å²) < 4.78 is 34.0. The Morgan fingerprint density at radius 3 is 1.69 bits per heavy atom. The zero-order valence-corrected chi connectivity index (χ0v) is 18.7. The number of nitrogen functional groups attached to an aromatic ring is 1. The number of carbonyl (C=O) groups is 2. The number of carbonyl (C=O) groups excluding carboxylic acids is 2. The second-order valence-electron chi connectivity index (χ2n) is 6.24. The number of rotatable bonds is 3. The van der Waals surface area contributed by atoms with Gasteiger partial charge in [-0.25, -0.2) is 28.3 Å². The molecule has 4 rings (SSSR count). The summed E-state index contributed by atoms with van der Waals surface area (Å²) in [5.41, 5.74) is 4.34. The Hall–Kier alpha value is -4.57. The third-order valence-electron chi connectivity index (χ3n) is 3.60. The molecule has 0 saturated heterocycles. The molecule has 0 aliphatic rings. The second-order valence-corrected chi connectivity index (χ2v) is 6.55. The third kappa shape index (κ3) is 11.7. The number of benzene rings is 2.